The number of benzene rings is 1. The molecule has 6 heteroatoms. The van der Waals surface area contributed by atoms with Gasteiger partial charge >= 0.3 is 6.18 Å². The number of halogens is 4. The topological polar surface area (TPSA) is 21.3 Å². The molecule has 0 amide bonds. The number of hydrogen-bond acceptors (Lipinski definition) is 2. The van der Waals surface area contributed by atoms with Crippen LogP contribution in [0.15, 0.2) is 72.1 Å². The van der Waals surface area contributed by atoms with Crippen molar-refractivity contribution in [2.24, 2.45) is 0 Å². The number of alkyl halides is 3. The second-order valence-electron chi connectivity index (χ2n) is 7.25. The molecule has 156 valence electrons. The molecular formula is C23H25F4NO. The Labute approximate surface area is 168 Å². The van der Waals surface area contributed by atoms with Crippen LogP contribution in [-0.2, 0) is 6.18 Å². The van der Waals surface area contributed by atoms with Crippen molar-refractivity contribution in [2.45, 2.75) is 50.4 Å². The van der Waals surface area contributed by atoms with Crippen LogP contribution in [0, 0.1) is 0 Å². The lowest BCUT2D eigenvalue weighted by Crippen LogP contribution is -2.36. The number of rotatable bonds is 6. The molecule has 0 bridgehead atoms. The molecule has 1 heterocycles. The van der Waals surface area contributed by atoms with E-state index in [0.717, 1.165) is 30.5 Å². The van der Waals surface area contributed by atoms with Crippen LogP contribution >= 0.6 is 0 Å². The van der Waals surface area contributed by atoms with E-state index in [2.05, 4.69) is 35.7 Å². The average Bonchev–Trinajstić information content (AvgIpc) is 2.63. The Morgan fingerprint density at radius 2 is 1.83 bits per heavy atom. The van der Waals surface area contributed by atoms with Gasteiger partial charge in [0.1, 0.15) is 11.9 Å². The summed E-state index contributed by atoms with van der Waals surface area (Å²) in [6, 6.07) is 4.55. The van der Waals surface area contributed by atoms with Gasteiger partial charge in [-0.2, -0.15) is 13.2 Å². The minimum Gasteiger partial charge on any atom is -0.490 e. The molecule has 3 rings (SSSR count). The van der Waals surface area contributed by atoms with Crippen LogP contribution in [0.2, 0.25) is 0 Å². The molecule has 0 spiro atoms. The van der Waals surface area contributed by atoms with Gasteiger partial charge in [-0.05, 0) is 48.8 Å². The molecule has 0 fully saturated rings. The summed E-state index contributed by atoms with van der Waals surface area (Å²) in [5.74, 6) is 0.232. The molecule has 2 aliphatic rings. The third-order valence-electron chi connectivity index (χ3n) is 4.90. The molecule has 29 heavy (non-hydrogen) atoms. The highest BCUT2D eigenvalue weighted by molar-refractivity contribution is 5.30. The number of hydrogen-bond donors (Lipinski definition) is 1. The standard InChI is InChI=1S/C23H25F4NO/c24-19-12-13-28-20(15-19)16-22(14-17-6-4-2-1-3-5-7-17)29-21-10-8-18(9-11-21)23(25,26)27/h1-2,5-11,15,20,22,28H,3-4,12-14,16H2/b2-1-,7-5?,17-6+. The lowest BCUT2D eigenvalue weighted by atomic mass is 9.97. The van der Waals surface area contributed by atoms with Crippen molar-refractivity contribution in [3.63, 3.8) is 0 Å². The van der Waals surface area contributed by atoms with Crippen molar-refractivity contribution < 1.29 is 22.3 Å². The number of nitrogens with one attached hydrogen (secondary N) is 1. The minimum atomic E-state index is -4.38. The second-order valence-corrected chi connectivity index (χ2v) is 7.25. The van der Waals surface area contributed by atoms with E-state index >= 15 is 0 Å². The Hall–Kier alpha value is -2.34. The van der Waals surface area contributed by atoms with Gasteiger partial charge in [0.15, 0.2) is 0 Å². The van der Waals surface area contributed by atoms with E-state index in [-0.39, 0.29) is 18.0 Å². The fraction of sp³-hybridized carbons (Fsp3) is 0.391. The Morgan fingerprint density at radius 3 is 2.55 bits per heavy atom. The number of ether oxygens (including phenoxy) is 1. The van der Waals surface area contributed by atoms with E-state index in [0.29, 0.717) is 31.6 Å². The molecule has 2 atom stereocenters. The van der Waals surface area contributed by atoms with Crippen molar-refractivity contribution in [1.82, 2.24) is 5.32 Å². The summed E-state index contributed by atoms with van der Waals surface area (Å²) >= 11 is 0. The quantitative estimate of drug-likeness (QED) is 0.443. The monoisotopic (exact) mass is 407 g/mol. The Bertz CT molecular complexity index is 790. The molecule has 0 saturated carbocycles. The van der Waals surface area contributed by atoms with E-state index in [4.69, 9.17) is 4.74 Å². The zero-order chi connectivity index (χ0) is 20.7. The fourth-order valence-electron chi connectivity index (χ4n) is 3.45. The molecule has 0 saturated heterocycles. The van der Waals surface area contributed by atoms with Crippen LogP contribution in [0.1, 0.15) is 37.7 Å². The molecule has 0 radical (unpaired) electrons. The average molecular weight is 407 g/mol. The highest BCUT2D eigenvalue weighted by Gasteiger charge is 2.30. The summed E-state index contributed by atoms with van der Waals surface area (Å²) in [6.07, 6.45) is 10.5. The first-order valence-corrected chi connectivity index (χ1v) is 9.84. The van der Waals surface area contributed by atoms with Gasteiger partial charge in [0.2, 0.25) is 0 Å². The summed E-state index contributed by atoms with van der Waals surface area (Å²) in [6.45, 7) is 0.563. The van der Waals surface area contributed by atoms with Crippen molar-refractivity contribution in [1.29, 1.82) is 0 Å². The Kier molecular flexibility index (Phi) is 7.31. The van der Waals surface area contributed by atoms with Gasteiger partial charge in [0.05, 0.1) is 11.4 Å². The first-order valence-electron chi connectivity index (χ1n) is 9.84. The lowest BCUT2D eigenvalue weighted by molar-refractivity contribution is -0.137. The highest BCUT2D eigenvalue weighted by Crippen LogP contribution is 2.31. The van der Waals surface area contributed by atoms with E-state index in [1.165, 1.54) is 12.1 Å². The number of allylic oxidation sites excluding steroid dienone is 5. The summed E-state index contributed by atoms with van der Waals surface area (Å²) in [5.41, 5.74) is 0.393. The Morgan fingerprint density at radius 1 is 1.07 bits per heavy atom. The molecule has 0 aromatic heterocycles. The summed E-state index contributed by atoms with van der Waals surface area (Å²) in [4.78, 5) is 0. The third-order valence-corrected chi connectivity index (χ3v) is 4.90. The Balaban J connectivity index is 1.74. The molecule has 2 nitrogen and oxygen atoms in total. The van der Waals surface area contributed by atoms with Gasteiger partial charge in [-0.1, -0.05) is 30.4 Å². The van der Waals surface area contributed by atoms with Gasteiger partial charge in [-0.15, -0.1) is 0 Å². The van der Waals surface area contributed by atoms with Crippen LogP contribution in [0.3, 0.4) is 0 Å². The van der Waals surface area contributed by atoms with Crippen molar-refractivity contribution in [3.8, 4) is 5.75 Å². The SMILES string of the molecule is FC1=CC(CC(C/C2=C/C/C=C\CC=C2)Oc2ccc(C(F)(F)F)cc2)NCC1. The van der Waals surface area contributed by atoms with E-state index in [1.807, 2.05) is 0 Å². The van der Waals surface area contributed by atoms with Gasteiger partial charge in [-0.3, -0.25) is 0 Å². The zero-order valence-corrected chi connectivity index (χ0v) is 16.1. The highest BCUT2D eigenvalue weighted by atomic mass is 19.4. The van der Waals surface area contributed by atoms with Gasteiger partial charge < -0.3 is 10.1 Å². The molecule has 1 N–H and O–H groups in total. The van der Waals surface area contributed by atoms with Crippen LogP contribution in [-0.4, -0.2) is 18.7 Å². The fourth-order valence-corrected chi connectivity index (χ4v) is 3.45. The molecular weight excluding hydrogens is 382 g/mol. The van der Waals surface area contributed by atoms with Gasteiger partial charge in [0.25, 0.3) is 0 Å². The van der Waals surface area contributed by atoms with Crippen LogP contribution in [0.5, 0.6) is 5.75 Å². The second kappa shape index (κ2) is 9.92. The van der Waals surface area contributed by atoms with Gasteiger partial charge in [-0.25, -0.2) is 4.39 Å². The van der Waals surface area contributed by atoms with Crippen LogP contribution in [0.25, 0.3) is 0 Å². The first-order chi connectivity index (χ1) is 13.9. The normalized spacial score (nSPS) is 23.9. The van der Waals surface area contributed by atoms with Gasteiger partial charge in [0, 0.05) is 31.8 Å². The predicted molar refractivity (Wildman–Crippen MR) is 106 cm³/mol. The predicted octanol–water partition coefficient (Wildman–Crippen LogP) is 6.28. The smallest absolute Gasteiger partial charge is 0.416 e. The summed E-state index contributed by atoms with van der Waals surface area (Å²) in [7, 11) is 0. The minimum absolute atomic E-state index is 0.141. The molecule has 1 aliphatic heterocycles. The van der Waals surface area contributed by atoms with E-state index < -0.39 is 11.7 Å². The zero-order valence-electron chi connectivity index (χ0n) is 16.1. The maximum Gasteiger partial charge on any atom is 0.416 e. The van der Waals surface area contributed by atoms with Crippen molar-refractivity contribution >= 4 is 0 Å². The first kappa shape index (κ1) is 21.4. The largest absolute Gasteiger partial charge is 0.490 e. The van der Waals surface area contributed by atoms with Crippen LogP contribution < -0.4 is 10.1 Å². The maximum absolute atomic E-state index is 13.7. The molecule has 1 aromatic carbocycles. The maximum atomic E-state index is 13.7. The third kappa shape index (κ3) is 6.89. The van der Waals surface area contributed by atoms with E-state index in [9.17, 15) is 17.6 Å². The summed E-state index contributed by atoms with van der Waals surface area (Å²) in [5, 5.41) is 3.26. The molecule has 2 unspecified atom stereocenters. The molecule has 1 aliphatic carbocycles. The van der Waals surface area contributed by atoms with E-state index in [1.54, 1.807) is 6.08 Å². The lowest BCUT2D eigenvalue weighted by Gasteiger charge is -2.26. The summed E-state index contributed by atoms with van der Waals surface area (Å²) < 4.78 is 58.1. The molecule has 1 aromatic rings. The van der Waals surface area contributed by atoms with Crippen LogP contribution in [0.4, 0.5) is 17.6 Å². The van der Waals surface area contributed by atoms with Crippen molar-refractivity contribution in [3.05, 3.63) is 77.7 Å². The van der Waals surface area contributed by atoms with Crippen molar-refractivity contribution in [2.75, 3.05) is 6.54 Å².